The third-order valence-electron chi connectivity index (χ3n) is 4.91. The molecule has 0 bridgehead atoms. The molecule has 32 heavy (non-hydrogen) atoms. The summed E-state index contributed by atoms with van der Waals surface area (Å²) in [6.07, 6.45) is -5.61. The second-order valence-corrected chi connectivity index (χ2v) is 9.70. The van der Waals surface area contributed by atoms with Crippen LogP contribution in [0, 0.1) is 0 Å². The molecule has 11 heteroatoms. The SMILES string of the molecule is CC(C)Oc1cccc2c1CS(=O)(=O)c1cccc(NC(=O)C(C)(O)C(F)(F)F)c1C2=O. The average Bonchev–Trinajstić information content (AvgIpc) is 2.75. The molecule has 1 unspecified atom stereocenters. The zero-order valence-electron chi connectivity index (χ0n) is 17.3. The Morgan fingerprint density at radius 1 is 1.16 bits per heavy atom. The highest BCUT2D eigenvalue weighted by atomic mass is 32.2. The minimum Gasteiger partial charge on any atom is -0.491 e. The number of ether oxygens (including phenoxy) is 1. The van der Waals surface area contributed by atoms with Crippen molar-refractivity contribution in [2.75, 3.05) is 5.32 Å². The van der Waals surface area contributed by atoms with Gasteiger partial charge in [-0.25, -0.2) is 8.42 Å². The molecular formula is C21H20F3NO6S. The number of sulfone groups is 1. The molecule has 1 aliphatic rings. The lowest BCUT2D eigenvalue weighted by molar-refractivity contribution is -0.242. The van der Waals surface area contributed by atoms with E-state index in [1.807, 2.05) is 5.32 Å². The van der Waals surface area contributed by atoms with Crippen molar-refractivity contribution in [3.63, 3.8) is 0 Å². The maximum absolute atomic E-state index is 13.3. The number of hydrogen-bond acceptors (Lipinski definition) is 6. The molecule has 0 fully saturated rings. The number of halogens is 3. The van der Waals surface area contributed by atoms with Gasteiger partial charge in [-0.1, -0.05) is 18.2 Å². The number of nitrogens with one attached hydrogen (secondary N) is 1. The minimum atomic E-state index is -5.30. The summed E-state index contributed by atoms with van der Waals surface area (Å²) in [4.78, 5) is 25.1. The van der Waals surface area contributed by atoms with Crippen molar-refractivity contribution < 1.29 is 41.0 Å². The lowest BCUT2D eigenvalue weighted by atomic mass is 9.96. The van der Waals surface area contributed by atoms with Crippen molar-refractivity contribution in [2.24, 2.45) is 0 Å². The molecule has 2 aromatic rings. The van der Waals surface area contributed by atoms with Crippen molar-refractivity contribution in [1.82, 2.24) is 0 Å². The van der Waals surface area contributed by atoms with Crippen LogP contribution in [-0.2, 0) is 20.4 Å². The second kappa shape index (κ2) is 7.89. The molecule has 2 N–H and O–H groups in total. The van der Waals surface area contributed by atoms with Crippen LogP contribution in [0.5, 0.6) is 5.75 Å². The molecule has 0 radical (unpaired) electrons. The first kappa shape index (κ1) is 23.7. The summed E-state index contributed by atoms with van der Waals surface area (Å²) in [5, 5.41) is 11.5. The van der Waals surface area contributed by atoms with Gasteiger partial charge in [0.15, 0.2) is 15.6 Å². The van der Waals surface area contributed by atoms with E-state index >= 15 is 0 Å². The van der Waals surface area contributed by atoms with Gasteiger partial charge in [-0.2, -0.15) is 13.2 Å². The monoisotopic (exact) mass is 471 g/mol. The molecule has 0 saturated carbocycles. The number of fused-ring (bicyclic) bond motifs is 2. The highest BCUT2D eigenvalue weighted by Crippen LogP contribution is 2.38. The Labute approximate surface area is 182 Å². The fraction of sp³-hybridized carbons (Fsp3) is 0.333. The summed E-state index contributed by atoms with van der Waals surface area (Å²) in [6.45, 7) is 3.70. The Balaban J connectivity index is 2.19. The Kier molecular flexibility index (Phi) is 5.85. The Morgan fingerprint density at radius 2 is 1.78 bits per heavy atom. The van der Waals surface area contributed by atoms with Gasteiger partial charge in [-0.15, -0.1) is 0 Å². The zero-order valence-corrected chi connectivity index (χ0v) is 18.1. The van der Waals surface area contributed by atoms with Crippen LogP contribution in [0.4, 0.5) is 18.9 Å². The van der Waals surface area contributed by atoms with Crippen molar-refractivity contribution in [3.8, 4) is 5.75 Å². The summed E-state index contributed by atoms with van der Waals surface area (Å²) in [5.74, 6) is -3.06. The fourth-order valence-corrected chi connectivity index (χ4v) is 4.83. The second-order valence-electron chi connectivity index (χ2n) is 7.74. The van der Waals surface area contributed by atoms with Crippen LogP contribution >= 0.6 is 0 Å². The van der Waals surface area contributed by atoms with Gasteiger partial charge in [0, 0.05) is 11.1 Å². The first-order chi connectivity index (χ1) is 14.7. The third kappa shape index (κ3) is 4.09. The Hall–Kier alpha value is -2.92. The number of ketones is 1. The number of aliphatic hydroxyl groups is 1. The van der Waals surface area contributed by atoms with E-state index in [1.165, 1.54) is 24.3 Å². The molecule has 0 aromatic heterocycles. The van der Waals surface area contributed by atoms with Crippen LogP contribution in [0.15, 0.2) is 41.3 Å². The molecule has 7 nitrogen and oxygen atoms in total. The molecule has 1 heterocycles. The van der Waals surface area contributed by atoms with E-state index in [1.54, 1.807) is 13.8 Å². The van der Waals surface area contributed by atoms with Crippen LogP contribution in [0.1, 0.15) is 42.3 Å². The molecule has 0 saturated heterocycles. The van der Waals surface area contributed by atoms with E-state index in [-0.39, 0.29) is 29.9 Å². The molecule has 0 aliphatic carbocycles. The topological polar surface area (TPSA) is 110 Å². The van der Waals surface area contributed by atoms with E-state index < -0.39 is 55.2 Å². The number of amides is 1. The van der Waals surface area contributed by atoms with Gasteiger partial charge in [0.25, 0.3) is 5.91 Å². The summed E-state index contributed by atoms with van der Waals surface area (Å²) >= 11 is 0. The molecule has 1 amide bonds. The normalized spacial score (nSPS) is 17.1. The average molecular weight is 471 g/mol. The van der Waals surface area contributed by atoms with E-state index in [0.717, 1.165) is 12.1 Å². The van der Waals surface area contributed by atoms with E-state index in [0.29, 0.717) is 0 Å². The molecular weight excluding hydrogens is 451 g/mol. The van der Waals surface area contributed by atoms with E-state index in [4.69, 9.17) is 4.74 Å². The van der Waals surface area contributed by atoms with E-state index in [2.05, 4.69) is 0 Å². The largest absolute Gasteiger partial charge is 0.491 e. The molecule has 1 aliphatic heterocycles. The smallest absolute Gasteiger partial charge is 0.426 e. The Bertz CT molecular complexity index is 1200. The molecule has 2 aromatic carbocycles. The van der Waals surface area contributed by atoms with Crippen molar-refractivity contribution >= 4 is 27.2 Å². The molecule has 172 valence electrons. The van der Waals surface area contributed by atoms with Crippen LogP contribution in [0.3, 0.4) is 0 Å². The van der Waals surface area contributed by atoms with Crippen molar-refractivity contribution in [2.45, 2.75) is 49.3 Å². The van der Waals surface area contributed by atoms with Gasteiger partial charge in [0.2, 0.25) is 5.60 Å². The number of carbonyl (C=O) groups is 2. The van der Waals surface area contributed by atoms with Gasteiger partial charge in [-0.05, 0) is 39.0 Å². The predicted molar refractivity (Wildman–Crippen MR) is 108 cm³/mol. The summed E-state index contributed by atoms with van der Waals surface area (Å²) < 4.78 is 71.0. The summed E-state index contributed by atoms with van der Waals surface area (Å²) in [7, 11) is -4.14. The van der Waals surface area contributed by atoms with Crippen molar-refractivity contribution in [3.05, 3.63) is 53.1 Å². The predicted octanol–water partition coefficient (Wildman–Crippen LogP) is 3.24. The highest BCUT2D eigenvalue weighted by Gasteiger charge is 2.56. The van der Waals surface area contributed by atoms with Crippen LogP contribution in [0.25, 0.3) is 0 Å². The maximum Gasteiger partial charge on any atom is 0.426 e. The van der Waals surface area contributed by atoms with Crippen molar-refractivity contribution in [1.29, 1.82) is 0 Å². The van der Waals surface area contributed by atoms with Gasteiger partial charge in [0.05, 0.1) is 28.0 Å². The third-order valence-corrected chi connectivity index (χ3v) is 6.58. The standard InChI is InChI=1S/C21H20F3NO6S/c1-11(2)31-15-8-4-6-12-13(15)10-32(29,30)16-9-5-7-14(17(16)18(12)26)25-19(27)20(3,28)21(22,23)24/h4-9,11,28H,10H2,1-3H3,(H,25,27). The number of alkyl halides is 3. The molecule has 0 spiro atoms. The Morgan fingerprint density at radius 3 is 2.38 bits per heavy atom. The first-order valence-corrected chi connectivity index (χ1v) is 11.1. The van der Waals surface area contributed by atoms with Crippen LogP contribution in [-0.4, -0.2) is 43.1 Å². The van der Waals surface area contributed by atoms with Gasteiger partial charge in [0.1, 0.15) is 5.75 Å². The number of anilines is 1. The lowest BCUT2D eigenvalue weighted by Crippen LogP contribution is -2.52. The zero-order chi connectivity index (χ0) is 24.1. The number of hydrogen-bond donors (Lipinski definition) is 2. The van der Waals surface area contributed by atoms with Crippen LogP contribution < -0.4 is 10.1 Å². The van der Waals surface area contributed by atoms with Gasteiger partial charge in [-0.3, -0.25) is 9.59 Å². The highest BCUT2D eigenvalue weighted by molar-refractivity contribution is 7.90. The summed E-state index contributed by atoms with van der Waals surface area (Å²) in [5.41, 5.74) is -4.62. The number of carbonyl (C=O) groups excluding carboxylic acids is 2. The van der Waals surface area contributed by atoms with Gasteiger partial charge >= 0.3 is 6.18 Å². The molecule has 3 rings (SSSR count). The fourth-order valence-electron chi connectivity index (χ4n) is 3.20. The number of rotatable bonds is 4. The maximum atomic E-state index is 13.3. The summed E-state index contributed by atoms with van der Waals surface area (Å²) in [6, 6.07) is 7.79. The van der Waals surface area contributed by atoms with Crippen LogP contribution in [0.2, 0.25) is 0 Å². The van der Waals surface area contributed by atoms with Gasteiger partial charge < -0.3 is 15.2 Å². The van der Waals surface area contributed by atoms with E-state index in [9.17, 15) is 36.3 Å². The molecule has 1 atom stereocenters. The lowest BCUT2D eigenvalue weighted by Gasteiger charge is -2.25. The quantitative estimate of drug-likeness (QED) is 0.709. The first-order valence-electron chi connectivity index (χ1n) is 9.46. The number of benzene rings is 2. The minimum absolute atomic E-state index is 0.0187.